The van der Waals surface area contributed by atoms with Crippen molar-refractivity contribution in [2.75, 3.05) is 19.0 Å². The largest absolute Gasteiger partial charge is 0.497 e. The van der Waals surface area contributed by atoms with Crippen molar-refractivity contribution in [2.45, 2.75) is 26.0 Å². The summed E-state index contributed by atoms with van der Waals surface area (Å²) < 4.78 is 21.4. The molecule has 1 N–H and O–H groups in total. The summed E-state index contributed by atoms with van der Waals surface area (Å²) in [5.41, 5.74) is 1.13. The number of nitrogens with one attached hydrogen (secondary N) is 1. The predicted octanol–water partition coefficient (Wildman–Crippen LogP) is 3.68. The third-order valence-corrected chi connectivity index (χ3v) is 5.26. The van der Waals surface area contributed by atoms with Gasteiger partial charge in [0.1, 0.15) is 24.0 Å². The van der Waals surface area contributed by atoms with E-state index in [2.05, 4.69) is 5.32 Å². The van der Waals surface area contributed by atoms with Crippen LogP contribution in [0.3, 0.4) is 0 Å². The summed E-state index contributed by atoms with van der Waals surface area (Å²) in [6.07, 6.45) is 1.39. The molecule has 8 heteroatoms. The molecule has 2 aromatic carbocycles. The first-order chi connectivity index (χ1) is 16.0. The van der Waals surface area contributed by atoms with Crippen LogP contribution in [0, 0.1) is 0 Å². The number of esters is 2. The monoisotopic (exact) mass is 449 g/mol. The molecule has 8 nitrogen and oxygen atoms in total. The minimum absolute atomic E-state index is 0.0218. The zero-order chi connectivity index (χ0) is 23.4. The number of hydrogen-bond acceptors (Lipinski definition) is 8. The summed E-state index contributed by atoms with van der Waals surface area (Å²) in [5.74, 6) is -0.631. The Balaban J connectivity index is 1.77. The van der Waals surface area contributed by atoms with Gasteiger partial charge in [0.15, 0.2) is 0 Å². The summed E-state index contributed by atoms with van der Waals surface area (Å²) in [6, 6.07) is 13.3. The van der Waals surface area contributed by atoms with E-state index in [-0.39, 0.29) is 30.8 Å². The Labute approximate surface area is 189 Å². The summed E-state index contributed by atoms with van der Waals surface area (Å²) in [4.78, 5) is 38.4. The van der Waals surface area contributed by atoms with E-state index in [1.807, 2.05) is 30.3 Å². The number of hydrogen-bond donors (Lipinski definition) is 1. The Hall–Kier alpha value is -4.07. The maximum atomic E-state index is 12.9. The summed E-state index contributed by atoms with van der Waals surface area (Å²) in [6.45, 7) is 1.93. The molecule has 0 spiro atoms. The molecule has 0 saturated carbocycles. The van der Waals surface area contributed by atoms with Gasteiger partial charge in [-0.15, -0.1) is 0 Å². The van der Waals surface area contributed by atoms with Crippen molar-refractivity contribution < 1.29 is 28.2 Å². The van der Waals surface area contributed by atoms with Gasteiger partial charge in [0.05, 0.1) is 25.0 Å². The molecule has 1 aliphatic rings. The van der Waals surface area contributed by atoms with Crippen molar-refractivity contribution in [1.82, 2.24) is 0 Å². The van der Waals surface area contributed by atoms with Gasteiger partial charge in [0.25, 0.3) is 0 Å². The van der Waals surface area contributed by atoms with E-state index in [4.69, 9.17) is 18.6 Å². The molecule has 1 atom stereocenters. The summed E-state index contributed by atoms with van der Waals surface area (Å²) in [7, 11) is 1.52. The fourth-order valence-corrected chi connectivity index (χ4v) is 3.63. The number of benzene rings is 2. The van der Waals surface area contributed by atoms with Crippen LogP contribution in [0.2, 0.25) is 0 Å². The average Bonchev–Trinajstić information content (AvgIpc) is 3.04. The molecule has 2 heterocycles. The Morgan fingerprint density at radius 1 is 1.12 bits per heavy atom. The second-order valence-electron chi connectivity index (χ2n) is 7.42. The number of carbonyl (C=O) groups excluding carboxylic acids is 2. The summed E-state index contributed by atoms with van der Waals surface area (Å²) in [5, 5.41) is 3.62. The van der Waals surface area contributed by atoms with Crippen molar-refractivity contribution in [3.05, 3.63) is 75.7 Å². The number of ether oxygens (including phenoxy) is 3. The van der Waals surface area contributed by atoms with Gasteiger partial charge >= 0.3 is 17.6 Å². The molecule has 0 bridgehead atoms. The first-order valence-corrected chi connectivity index (χ1v) is 10.5. The van der Waals surface area contributed by atoms with E-state index in [1.165, 1.54) is 13.2 Å². The van der Waals surface area contributed by atoms with Crippen molar-refractivity contribution in [1.29, 1.82) is 0 Å². The highest BCUT2D eigenvalue weighted by atomic mass is 16.5. The van der Waals surface area contributed by atoms with E-state index < -0.39 is 23.6 Å². The fraction of sp³-hybridized carbons (Fsp3) is 0.240. The van der Waals surface area contributed by atoms with Crippen LogP contribution in [-0.2, 0) is 25.7 Å². The molecule has 0 radical (unpaired) electrons. The molecule has 0 fully saturated rings. The normalized spacial score (nSPS) is 15.0. The molecule has 0 saturated heterocycles. The van der Waals surface area contributed by atoms with E-state index in [0.717, 1.165) is 5.56 Å². The topological polar surface area (TPSA) is 104 Å². The quantitative estimate of drug-likeness (QED) is 0.449. The second-order valence-corrected chi connectivity index (χ2v) is 7.42. The van der Waals surface area contributed by atoms with Gasteiger partial charge in [-0.1, -0.05) is 30.3 Å². The minimum Gasteiger partial charge on any atom is -0.497 e. The number of anilines is 1. The van der Waals surface area contributed by atoms with Crippen LogP contribution in [0.25, 0.3) is 17.0 Å². The Morgan fingerprint density at radius 3 is 2.64 bits per heavy atom. The number of methoxy groups -OCH3 is 1. The Kier molecular flexibility index (Phi) is 6.44. The zero-order valence-electron chi connectivity index (χ0n) is 18.3. The van der Waals surface area contributed by atoms with Crippen LogP contribution in [0.1, 0.15) is 24.5 Å². The molecular formula is C25H23NO7. The molecule has 0 aliphatic carbocycles. The average molecular weight is 449 g/mol. The van der Waals surface area contributed by atoms with Crippen molar-refractivity contribution in [2.24, 2.45) is 0 Å². The van der Waals surface area contributed by atoms with Crippen molar-refractivity contribution in [3.8, 4) is 5.75 Å². The fourth-order valence-electron chi connectivity index (χ4n) is 3.63. The lowest BCUT2D eigenvalue weighted by atomic mass is 10.1. The smallest absolute Gasteiger partial charge is 0.345 e. The third kappa shape index (κ3) is 4.74. The first-order valence-electron chi connectivity index (χ1n) is 10.5. The van der Waals surface area contributed by atoms with Gasteiger partial charge < -0.3 is 23.9 Å². The molecule has 0 amide bonds. The van der Waals surface area contributed by atoms with Crippen LogP contribution in [0.5, 0.6) is 5.75 Å². The van der Waals surface area contributed by atoms with E-state index in [1.54, 1.807) is 25.1 Å². The maximum absolute atomic E-state index is 12.9. The minimum atomic E-state index is -0.905. The van der Waals surface area contributed by atoms with Crippen LogP contribution in [-0.4, -0.2) is 31.7 Å². The zero-order valence-corrected chi connectivity index (χ0v) is 18.3. The van der Waals surface area contributed by atoms with Crippen LogP contribution in [0.15, 0.2) is 63.3 Å². The SMILES string of the molecule is CCOC(=O)C1CC(C(=O)OCc2ccccc2)=Cc2c(c3cc(OC)ccc3oc2=O)N1. The van der Waals surface area contributed by atoms with Crippen molar-refractivity contribution in [3.63, 3.8) is 0 Å². The van der Waals surface area contributed by atoms with Gasteiger partial charge in [0, 0.05) is 17.4 Å². The third-order valence-electron chi connectivity index (χ3n) is 5.26. The van der Waals surface area contributed by atoms with Gasteiger partial charge in [-0.25, -0.2) is 14.4 Å². The van der Waals surface area contributed by atoms with E-state index in [9.17, 15) is 14.4 Å². The van der Waals surface area contributed by atoms with Crippen LogP contribution in [0.4, 0.5) is 5.69 Å². The van der Waals surface area contributed by atoms with Crippen LogP contribution < -0.4 is 15.7 Å². The van der Waals surface area contributed by atoms with Crippen molar-refractivity contribution >= 4 is 34.7 Å². The van der Waals surface area contributed by atoms with E-state index in [0.29, 0.717) is 22.4 Å². The molecule has 1 aromatic heterocycles. The molecule has 4 rings (SSSR count). The Morgan fingerprint density at radius 2 is 1.91 bits per heavy atom. The van der Waals surface area contributed by atoms with Crippen LogP contribution >= 0.6 is 0 Å². The lowest BCUT2D eigenvalue weighted by Gasteiger charge is -2.18. The standard InChI is InChI=1S/C25H23NO7/c1-3-31-25(29)20-12-16(23(27)32-14-15-7-5-4-6-8-15)11-19-22(26-20)18-13-17(30-2)9-10-21(18)33-24(19)28/h4-11,13,20,26H,3,12,14H2,1-2H3. The molecule has 1 unspecified atom stereocenters. The first kappa shape index (κ1) is 22.1. The Bertz CT molecular complexity index is 1280. The molecule has 33 heavy (non-hydrogen) atoms. The maximum Gasteiger partial charge on any atom is 0.345 e. The second kappa shape index (κ2) is 9.60. The molecule has 3 aromatic rings. The highest BCUT2D eigenvalue weighted by Gasteiger charge is 2.30. The number of fused-ring (bicyclic) bond motifs is 3. The molecule has 1 aliphatic heterocycles. The number of carbonyl (C=O) groups is 2. The highest BCUT2D eigenvalue weighted by molar-refractivity contribution is 6.02. The molecule has 170 valence electrons. The summed E-state index contributed by atoms with van der Waals surface area (Å²) >= 11 is 0. The van der Waals surface area contributed by atoms with Gasteiger partial charge in [-0.2, -0.15) is 0 Å². The van der Waals surface area contributed by atoms with Gasteiger partial charge in [-0.05, 0) is 36.8 Å². The lowest BCUT2D eigenvalue weighted by Crippen LogP contribution is -2.32. The van der Waals surface area contributed by atoms with Gasteiger partial charge in [-0.3, -0.25) is 0 Å². The molecular weight excluding hydrogens is 426 g/mol. The lowest BCUT2D eigenvalue weighted by molar-refractivity contribution is -0.144. The van der Waals surface area contributed by atoms with Gasteiger partial charge in [0.2, 0.25) is 0 Å². The predicted molar refractivity (Wildman–Crippen MR) is 122 cm³/mol. The highest BCUT2D eigenvalue weighted by Crippen LogP contribution is 2.33. The van der Waals surface area contributed by atoms with E-state index >= 15 is 0 Å². The number of rotatable bonds is 6.